The molecule has 0 bridgehead atoms. The number of hydrogen-bond donors (Lipinski definition) is 3. The van der Waals surface area contributed by atoms with E-state index in [1.807, 2.05) is 0 Å². The van der Waals surface area contributed by atoms with Gasteiger partial charge in [0.15, 0.2) is 0 Å². The van der Waals surface area contributed by atoms with Crippen LogP contribution in [0.15, 0.2) is 48.5 Å². The van der Waals surface area contributed by atoms with Gasteiger partial charge in [-0.05, 0) is 49.8 Å². The number of aromatic nitrogens is 2. The number of ether oxygens (including phenoxy) is 2. The highest BCUT2D eigenvalue weighted by molar-refractivity contribution is 5.73. The minimum Gasteiger partial charge on any atom is -0.490 e. The molecule has 1 aromatic heterocycles. The number of nitrogens with zero attached hydrogens (tertiary/aromatic N) is 2. The number of alkyl halides is 3. The maximum absolute atomic E-state index is 14.2. The first-order chi connectivity index (χ1) is 18.0. The van der Waals surface area contributed by atoms with E-state index in [1.165, 1.54) is 6.07 Å². The second kappa shape index (κ2) is 11.2. The summed E-state index contributed by atoms with van der Waals surface area (Å²) in [5.74, 6) is -2.88. The molecule has 1 fully saturated rings. The number of anilines is 1. The van der Waals surface area contributed by atoms with Crippen molar-refractivity contribution < 1.29 is 36.9 Å². The Morgan fingerprint density at radius 1 is 1.08 bits per heavy atom. The molecule has 0 amide bonds. The summed E-state index contributed by atoms with van der Waals surface area (Å²) in [5, 5.41) is 8.97. The average Bonchev–Trinajstić information content (AvgIpc) is 3.35. The van der Waals surface area contributed by atoms with Crippen LogP contribution in [0.4, 0.5) is 23.5 Å². The van der Waals surface area contributed by atoms with Crippen molar-refractivity contribution in [1.29, 1.82) is 0 Å². The third-order valence-electron chi connectivity index (χ3n) is 6.13. The molecule has 0 saturated heterocycles. The second-order valence-corrected chi connectivity index (χ2v) is 9.04. The van der Waals surface area contributed by atoms with Crippen LogP contribution >= 0.6 is 0 Å². The quantitative estimate of drug-likeness (QED) is 0.333. The van der Waals surface area contributed by atoms with Gasteiger partial charge in [0.05, 0.1) is 11.8 Å². The van der Waals surface area contributed by atoms with E-state index in [2.05, 4.69) is 9.97 Å². The Kier molecular flexibility index (Phi) is 8.00. The number of carboxylic acid groups (broad SMARTS) is 1. The summed E-state index contributed by atoms with van der Waals surface area (Å²) in [5.41, 5.74) is 12.2. The summed E-state index contributed by atoms with van der Waals surface area (Å²) < 4.78 is 67.7. The molecule has 4 rings (SSSR count). The number of nitrogens with two attached hydrogens (primary N) is 2. The zero-order valence-electron chi connectivity index (χ0n) is 20.1. The van der Waals surface area contributed by atoms with E-state index in [-0.39, 0.29) is 35.5 Å². The number of nitrogen functional groups attached to an aromatic ring is 1. The van der Waals surface area contributed by atoms with Gasteiger partial charge in [0.1, 0.15) is 17.6 Å². The monoisotopic (exact) mass is 534 g/mol. The molecular formula is C26H26F4N4O4. The van der Waals surface area contributed by atoms with Gasteiger partial charge in [0, 0.05) is 23.3 Å². The number of aliphatic carboxylic acids is 1. The van der Waals surface area contributed by atoms with Gasteiger partial charge in [-0.2, -0.15) is 18.2 Å². The van der Waals surface area contributed by atoms with Gasteiger partial charge >= 0.3 is 12.1 Å². The van der Waals surface area contributed by atoms with E-state index in [4.69, 9.17) is 26.0 Å². The van der Waals surface area contributed by atoms with Crippen LogP contribution in [0.25, 0.3) is 11.3 Å². The molecule has 0 spiro atoms. The zero-order chi connectivity index (χ0) is 27.4. The summed E-state index contributed by atoms with van der Waals surface area (Å²) in [7, 11) is 0. The number of carboxylic acids is 1. The molecule has 3 aromatic rings. The van der Waals surface area contributed by atoms with Crippen molar-refractivity contribution >= 4 is 11.9 Å². The molecule has 1 saturated carbocycles. The third kappa shape index (κ3) is 6.68. The molecule has 38 heavy (non-hydrogen) atoms. The predicted octanol–water partition coefficient (Wildman–Crippen LogP) is 4.82. The first kappa shape index (κ1) is 27.1. The molecule has 5 N–H and O–H groups in total. The predicted molar refractivity (Wildman–Crippen MR) is 130 cm³/mol. The first-order valence-corrected chi connectivity index (χ1v) is 11.9. The summed E-state index contributed by atoms with van der Waals surface area (Å²) in [6.45, 7) is 0. The van der Waals surface area contributed by atoms with Gasteiger partial charge in [-0.15, -0.1) is 0 Å². The highest BCUT2D eigenvalue weighted by Crippen LogP contribution is 2.42. The summed E-state index contributed by atoms with van der Waals surface area (Å²) in [6, 6.07) is 9.40. The first-order valence-electron chi connectivity index (χ1n) is 11.9. The Morgan fingerprint density at radius 2 is 1.76 bits per heavy atom. The number of benzene rings is 2. The maximum Gasteiger partial charge on any atom is 0.429 e. The Balaban J connectivity index is 1.62. The molecule has 0 aliphatic heterocycles. The summed E-state index contributed by atoms with van der Waals surface area (Å²) in [4.78, 5) is 18.9. The van der Waals surface area contributed by atoms with Gasteiger partial charge in [-0.25, -0.2) is 9.37 Å². The fourth-order valence-electron chi connectivity index (χ4n) is 4.24. The molecule has 202 valence electrons. The minimum absolute atomic E-state index is 0.0894. The van der Waals surface area contributed by atoms with Gasteiger partial charge < -0.3 is 26.0 Å². The maximum atomic E-state index is 14.2. The van der Waals surface area contributed by atoms with Crippen LogP contribution in [0.1, 0.15) is 42.9 Å². The van der Waals surface area contributed by atoms with E-state index in [0.29, 0.717) is 24.0 Å². The van der Waals surface area contributed by atoms with Crippen molar-refractivity contribution in [3.8, 4) is 22.9 Å². The highest BCUT2D eigenvalue weighted by atomic mass is 19.4. The Hall–Kier alpha value is -3.93. The van der Waals surface area contributed by atoms with Gasteiger partial charge in [-0.3, -0.25) is 4.79 Å². The molecule has 1 aliphatic carbocycles. The lowest BCUT2D eigenvalue weighted by Gasteiger charge is -2.25. The zero-order valence-corrected chi connectivity index (χ0v) is 20.1. The van der Waals surface area contributed by atoms with Gasteiger partial charge in [0.25, 0.3) is 0 Å². The lowest BCUT2D eigenvalue weighted by molar-refractivity contribution is -0.199. The van der Waals surface area contributed by atoms with Gasteiger partial charge in [0.2, 0.25) is 17.9 Å². The summed E-state index contributed by atoms with van der Waals surface area (Å²) >= 11 is 0. The van der Waals surface area contributed by atoms with E-state index in [1.54, 1.807) is 24.3 Å². The Bertz CT molecular complexity index is 1280. The van der Waals surface area contributed by atoms with Crippen LogP contribution in [0.2, 0.25) is 0 Å². The van der Waals surface area contributed by atoms with Crippen LogP contribution in [-0.2, 0) is 11.2 Å². The van der Waals surface area contributed by atoms with Crippen molar-refractivity contribution in [2.45, 2.75) is 56.5 Å². The summed E-state index contributed by atoms with van der Waals surface area (Å²) in [6.07, 6.45) is -4.53. The fraction of sp³-hybridized carbons (Fsp3) is 0.346. The Morgan fingerprint density at radius 3 is 2.39 bits per heavy atom. The second-order valence-electron chi connectivity index (χ2n) is 9.04. The minimum atomic E-state index is -4.89. The lowest BCUT2D eigenvalue weighted by Crippen LogP contribution is -2.32. The molecule has 1 heterocycles. The van der Waals surface area contributed by atoms with E-state index in [9.17, 15) is 22.4 Å². The molecule has 2 atom stereocenters. The van der Waals surface area contributed by atoms with Crippen LogP contribution in [0.3, 0.4) is 0 Å². The van der Waals surface area contributed by atoms with E-state index < -0.39 is 36.0 Å². The highest BCUT2D eigenvalue weighted by Gasteiger charge is 2.45. The van der Waals surface area contributed by atoms with E-state index in [0.717, 1.165) is 31.0 Å². The van der Waals surface area contributed by atoms with Crippen molar-refractivity contribution in [2.75, 3.05) is 5.73 Å². The normalized spacial score (nSPS) is 15.7. The smallest absolute Gasteiger partial charge is 0.429 e. The largest absolute Gasteiger partial charge is 0.490 e. The van der Waals surface area contributed by atoms with Crippen molar-refractivity contribution in [1.82, 2.24) is 9.97 Å². The topological polar surface area (TPSA) is 134 Å². The van der Waals surface area contributed by atoms with Crippen molar-refractivity contribution in [3.63, 3.8) is 0 Å². The number of rotatable bonds is 9. The van der Waals surface area contributed by atoms with Crippen LogP contribution in [-0.4, -0.2) is 39.4 Å². The van der Waals surface area contributed by atoms with Gasteiger partial charge in [-0.1, -0.05) is 24.3 Å². The molecule has 12 heteroatoms. The Labute approximate surface area is 215 Å². The molecule has 8 nitrogen and oxygen atoms in total. The SMILES string of the molecule is Nc1nc(OC(c2ccc(F)cc2OC2CCCC2)C(F)(F)F)cc(-c2ccc(CC(N)C(=O)O)cc2)n1. The average molecular weight is 535 g/mol. The number of carbonyl (C=O) groups is 1. The van der Waals surface area contributed by atoms with Crippen LogP contribution in [0.5, 0.6) is 11.6 Å². The molecular weight excluding hydrogens is 508 g/mol. The molecule has 2 aromatic carbocycles. The third-order valence-corrected chi connectivity index (χ3v) is 6.13. The standard InChI is InChI=1S/C26H26F4N4O4/c27-16-9-10-18(21(12-16)37-17-3-1-2-4-17)23(26(28,29)30)38-22-13-20(33-25(32)34-22)15-7-5-14(6-8-15)11-19(31)24(35)36/h5-10,12-13,17,19,23H,1-4,11,31H2,(H,35,36)(H2,32,33,34). The van der Waals surface area contributed by atoms with Crippen molar-refractivity contribution in [3.05, 3.63) is 65.5 Å². The fourth-order valence-corrected chi connectivity index (χ4v) is 4.24. The van der Waals surface area contributed by atoms with E-state index >= 15 is 0 Å². The number of hydrogen-bond acceptors (Lipinski definition) is 7. The number of halogens is 4. The molecule has 2 unspecified atom stereocenters. The molecule has 0 radical (unpaired) electrons. The lowest BCUT2D eigenvalue weighted by atomic mass is 10.0. The molecule has 1 aliphatic rings. The van der Waals surface area contributed by atoms with Crippen LogP contribution in [0, 0.1) is 5.82 Å². The van der Waals surface area contributed by atoms with Crippen LogP contribution < -0.4 is 20.9 Å². The van der Waals surface area contributed by atoms with Crippen molar-refractivity contribution in [2.24, 2.45) is 5.73 Å².